The zero-order chi connectivity index (χ0) is 11.3. The standard InChI is InChI=1S/C11H17Cl2NS/c1-3-5-9(14-6-4-2)8-7-10(12)15-11(8)13/h7,9,14H,3-6H2,1-2H3. The lowest BCUT2D eigenvalue weighted by Gasteiger charge is -2.17. The normalized spacial score (nSPS) is 13.1. The Balaban J connectivity index is 2.73. The van der Waals surface area contributed by atoms with Gasteiger partial charge in [-0.3, -0.25) is 0 Å². The van der Waals surface area contributed by atoms with Crippen LogP contribution >= 0.6 is 34.5 Å². The highest BCUT2D eigenvalue weighted by Gasteiger charge is 2.15. The molecule has 0 fully saturated rings. The third-order valence-corrected chi connectivity index (χ3v) is 3.79. The van der Waals surface area contributed by atoms with Crippen molar-refractivity contribution in [2.24, 2.45) is 0 Å². The molecule has 0 radical (unpaired) electrons. The van der Waals surface area contributed by atoms with Crippen LogP contribution in [-0.2, 0) is 0 Å². The van der Waals surface area contributed by atoms with Crippen molar-refractivity contribution in [1.82, 2.24) is 5.32 Å². The highest BCUT2D eigenvalue weighted by Crippen LogP contribution is 2.36. The monoisotopic (exact) mass is 265 g/mol. The number of rotatable bonds is 6. The van der Waals surface area contributed by atoms with Crippen LogP contribution in [0.3, 0.4) is 0 Å². The van der Waals surface area contributed by atoms with E-state index in [0.29, 0.717) is 6.04 Å². The maximum absolute atomic E-state index is 6.15. The lowest BCUT2D eigenvalue weighted by Crippen LogP contribution is -2.21. The van der Waals surface area contributed by atoms with E-state index >= 15 is 0 Å². The number of hydrogen-bond acceptors (Lipinski definition) is 2. The largest absolute Gasteiger partial charge is 0.310 e. The molecule has 1 aromatic heterocycles. The molecule has 1 N–H and O–H groups in total. The SMILES string of the molecule is CCCNC(CCC)c1cc(Cl)sc1Cl. The Morgan fingerprint density at radius 3 is 2.53 bits per heavy atom. The molecule has 1 nitrogen and oxygen atoms in total. The molecule has 1 heterocycles. The van der Waals surface area contributed by atoms with Gasteiger partial charge in [-0.05, 0) is 25.5 Å². The second-order valence-corrected chi connectivity index (χ2v) is 5.86. The number of thiophene rings is 1. The summed E-state index contributed by atoms with van der Waals surface area (Å²) in [4.78, 5) is 0. The van der Waals surface area contributed by atoms with Gasteiger partial charge in [0, 0.05) is 11.6 Å². The molecular weight excluding hydrogens is 249 g/mol. The molecule has 15 heavy (non-hydrogen) atoms. The Morgan fingerprint density at radius 1 is 1.33 bits per heavy atom. The molecule has 1 atom stereocenters. The van der Waals surface area contributed by atoms with E-state index < -0.39 is 0 Å². The molecule has 86 valence electrons. The zero-order valence-electron chi connectivity index (χ0n) is 9.15. The van der Waals surface area contributed by atoms with Gasteiger partial charge in [0.15, 0.2) is 0 Å². The minimum Gasteiger partial charge on any atom is -0.310 e. The number of hydrogen-bond donors (Lipinski definition) is 1. The summed E-state index contributed by atoms with van der Waals surface area (Å²) in [6.45, 7) is 5.37. The summed E-state index contributed by atoms with van der Waals surface area (Å²) in [6.07, 6.45) is 3.38. The minimum atomic E-state index is 0.353. The highest BCUT2D eigenvalue weighted by molar-refractivity contribution is 7.20. The highest BCUT2D eigenvalue weighted by atomic mass is 35.5. The smallest absolute Gasteiger partial charge is 0.0991 e. The first-order valence-electron chi connectivity index (χ1n) is 5.37. The van der Waals surface area contributed by atoms with Crippen molar-refractivity contribution >= 4 is 34.5 Å². The van der Waals surface area contributed by atoms with Crippen molar-refractivity contribution < 1.29 is 0 Å². The van der Waals surface area contributed by atoms with Crippen LogP contribution in [0.4, 0.5) is 0 Å². The van der Waals surface area contributed by atoms with Crippen LogP contribution in [0.5, 0.6) is 0 Å². The first kappa shape index (κ1) is 13.3. The second-order valence-electron chi connectivity index (χ2n) is 3.57. The van der Waals surface area contributed by atoms with Gasteiger partial charge < -0.3 is 5.32 Å². The topological polar surface area (TPSA) is 12.0 Å². The van der Waals surface area contributed by atoms with E-state index in [1.54, 1.807) is 0 Å². The predicted octanol–water partition coefficient (Wildman–Crippen LogP) is 4.90. The van der Waals surface area contributed by atoms with Gasteiger partial charge in [0.05, 0.1) is 8.67 Å². The van der Waals surface area contributed by atoms with Gasteiger partial charge in [-0.1, -0.05) is 43.5 Å². The van der Waals surface area contributed by atoms with E-state index in [1.165, 1.54) is 11.3 Å². The zero-order valence-corrected chi connectivity index (χ0v) is 11.5. The Morgan fingerprint density at radius 2 is 2.07 bits per heavy atom. The van der Waals surface area contributed by atoms with Crippen LogP contribution in [0.1, 0.15) is 44.7 Å². The Hall–Kier alpha value is 0.240. The molecule has 4 heteroatoms. The fourth-order valence-electron chi connectivity index (χ4n) is 1.57. The Labute approximate surface area is 106 Å². The third-order valence-electron chi connectivity index (χ3n) is 2.28. The van der Waals surface area contributed by atoms with Gasteiger partial charge in [0.1, 0.15) is 0 Å². The molecule has 1 rings (SSSR count). The predicted molar refractivity (Wildman–Crippen MR) is 70.3 cm³/mol. The summed E-state index contributed by atoms with van der Waals surface area (Å²) in [5, 5.41) is 3.50. The second kappa shape index (κ2) is 6.74. The third kappa shape index (κ3) is 3.95. The summed E-state index contributed by atoms with van der Waals surface area (Å²) < 4.78 is 1.59. The van der Waals surface area contributed by atoms with Crippen molar-refractivity contribution in [3.63, 3.8) is 0 Å². The van der Waals surface area contributed by atoms with Crippen molar-refractivity contribution in [2.75, 3.05) is 6.54 Å². The summed E-state index contributed by atoms with van der Waals surface area (Å²) in [6, 6.07) is 2.34. The molecule has 1 aromatic rings. The fourth-order valence-corrected chi connectivity index (χ4v) is 3.14. The molecule has 0 saturated carbocycles. The van der Waals surface area contributed by atoms with E-state index in [-0.39, 0.29) is 0 Å². The van der Waals surface area contributed by atoms with E-state index in [0.717, 1.165) is 40.0 Å². The Kier molecular flexibility index (Phi) is 5.98. The minimum absolute atomic E-state index is 0.353. The van der Waals surface area contributed by atoms with Gasteiger partial charge >= 0.3 is 0 Å². The first-order chi connectivity index (χ1) is 7.19. The van der Waals surface area contributed by atoms with Gasteiger partial charge in [0.25, 0.3) is 0 Å². The van der Waals surface area contributed by atoms with Crippen molar-refractivity contribution in [1.29, 1.82) is 0 Å². The van der Waals surface area contributed by atoms with Crippen LogP contribution in [0.15, 0.2) is 6.07 Å². The van der Waals surface area contributed by atoms with Crippen molar-refractivity contribution in [3.8, 4) is 0 Å². The van der Waals surface area contributed by atoms with Crippen LogP contribution in [0.2, 0.25) is 8.67 Å². The van der Waals surface area contributed by atoms with Crippen LogP contribution in [0, 0.1) is 0 Å². The lowest BCUT2D eigenvalue weighted by atomic mass is 10.1. The summed E-state index contributed by atoms with van der Waals surface area (Å²) in [5.41, 5.74) is 1.15. The van der Waals surface area contributed by atoms with Crippen LogP contribution in [-0.4, -0.2) is 6.54 Å². The molecule has 0 amide bonds. The van der Waals surface area contributed by atoms with Crippen LogP contribution < -0.4 is 5.32 Å². The quantitative estimate of drug-likeness (QED) is 0.772. The molecule has 1 unspecified atom stereocenters. The van der Waals surface area contributed by atoms with Crippen LogP contribution in [0.25, 0.3) is 0 Å². The van der Waals surface area contributed by atoms with E-state index in [4.69, 9.17) is 23.2 Å². The van der Waals surface area contributed by atoms with Crippen molar-refractivity contribution in [2.45, 2.75) is 39.2 Å². The number of nitrogens with one attached hydrogen (secondary N) is 1. The molecular formula is C11H17Cl2NS. The molecule has 0 saturated heterocycles. The average Bonchev–Trinajstić information content (AvgIpc) is 2.52. The molecule has 0 aliphatic rings. The van der Waals surface area contributed by atoms with Gasteiger partial charge in [-0.2, -0.15) is 0 Å². The maximum atomic E-state index is 6.15. The molecule has 0 spiro atoms. The maximum Gasteiger partial charge on any atom is 0.0991 e. The van der Waals surface area contributed by atoms with Crippen molar-refractivity contribution in [3.05, 3.63) is 20.3 Å². The van der Waals surface area contributed by atoms with E-state index in [1.807, 2.05) is 6.07 Å². The molecule has 0 aliphatic heterocycles. The average molecular weight is 266 g/mol. The molecule has 0 bridgehead atoms. The van der Waals surface area contributed by atoms with E-state index in [9.17, 15) is 0 Å². The lowest BCUT2D eigenvalue weighted by molar-refractivity contribution is 0.495. The summed E-state index contributed by atoms with van der Waals surface area (Å²) >= 11 is 13.5. The summed E-state index contributed by atoms with van der Waals surface area (Å²) in [7, 11) is 0. The van der Waals surface area contributed by atoms with Gasteiger partial charge in [0.2, 0.25) is 0 Å². The van der Waals surface area contributed by atoms with E-state index in [2.05, 4.69) is 19.2 Å². The van der Waals surface area contributed by atoms with Gasteiger partial charge in [-0.25, -0.2) is 0 Å². The van der Waals surface area contributed by atoms with Gasteiger partial charge in [-0.15, -0.1) is 11.3 Å². The Bertz CT molecular complexity index is 299. The molecule has 0 aliphatic carbocycles. The number of halogens is 2. The summed E-state index contributed by atoms with van der Waals surface area (Å²) in [5.74, 6) is 0. The molecule has 0 aromatic carbocycles. The first-order valence-corrected chi connectivity index (χ1v) is 6.94. The fraction of sp³-hybridized carbons (Fsp3) is 0.636.